The summed E-state index contributed by atoms with van der Waals surface area (Å²) in [5.74, 6) is 0.417. The lowest BCUT2D eigenvalue weighted by molar-refractivity contribution is 0.477. The third-order valence-corrected chi connectivity index (χ3v) is 3.67. The minimum atomic E-state index is -0.517. The molecule has 1 heterocycles. The van der Waals surface area contributed by atoms with Gasteiger partial charge in [0.1, 0.15) is 17.4 Å². The summed E-state index contributed by atoms with van der Waals surface area (Å²) in [7, 11) is 3.58. The second kappa shape index (κ2) is 5.42. The van der Waals surface area contributed by atoms with Crippen molar-refractivity contribution < 1.29 is 9.50 Å². The van der Waals surface area contributed by atoms with Crippen molar-refractivity contribution in [2.45, 2.75) is 0 Å². The molecule has 0 unspecified atom stereocenters. The first-order chi connectivity index (χ1) is 10.5. The number of aromatic nitrogens is 2. The van der Waals surface area contributed by atoms with Crippen molar-refractivity contribution in [3.63, 3.8) is 0 Å². The summed E-state index contributed by atoms with van der Waals surface area (Å²) in [5, 5.41) is 10.4. The first kappa shape index (κ1) is 14.5. The fraction of sp³-hybridized carbons (Fsp3) is 0.125. The van der Waals surface area contributed by atoms with E-state index in [1.807, 2.05) is 0 Å². The Bertz CT molecular complexity index is 867. The maximum atomic E-state index is 13.7. The number of hydrogen-bond donors (Lipinski definition) is 1. The van der Waals surface area contributed by atoms with Gasteiger partial charge in [-0.15, -0.1) is 0 Å². The summed E-state index contributed by atoms with van der Waals surface area (Å²) in [4.78, 5) is 10.6. The number of benzene rings is 2. The zero-order chi connectivity index (χ0) is 15.9. The summed E-state index contributed by atoms with van der Waals surface area (Å²) < 4.78 is 13.7. The lowest BCUT2D eigenvalue weighted by Crippen LogP contribution is -2.12. The molecular formula is C16H13ClFN3O. The van der Waals surface area contributed by atoms with Crippen LogP contribution < -0.4 is 4.90 Å². The molecule has 112 valence electrons. The molecule has 0 saturated heterocycles. The molecule has 3 aromatic rings. The molecule has 0 aliphatic heterocycles. The molecule has 0 bridgehead atoms. The van der Waals surface area contributed by atoms with E-state index in [4.69, 9.17) is 11.6 Å². The van der Waals surface area contributed by atoms with Crippen molar-refractivity contribution in [3.05, 3.63) is 47.2 Å². The average Bonchev–Trinajstić information content (AvgIpc) is 2.50. The van der Waals surface area contributed by atoms with E-state index in [2.05, 4.69) is 9.97 Å². The molecule has 22 heavy (non-hydrogen) atoms. The molecular weight excluding hydrogens is 305 g/mol. The predicted octanol–water partition coefficient (Wildman–Crippen LogP) is 3.86. The standard InChI is InChI=1S/C16H13ClFN3O/c1-21(2)16-13-11(8-7-10(18)14(13)17)19-15(20-16)9-5-3-4-6-12(9)22/h3-8,22H,1-2H3. The second-order valence-corrected chi connectivity index (χ2v) is 5.42. The summed E-state index contributed by atoms with van der Waals surface area (Å²) in [6, 6.07) is 9.62. The Hall–Kier alpha value is -2.40. The largest absolute Gasteiger partial charge is 0.507 e. The van der Waals surface area contributed by atoms with Gasteiger partial charge in [-0.25, -0.2) is 14.4 Å². The van der Waals surface area contributed by atoms with Crippen LogP contribution in [0.4, 0.5) is 10.2 Å². The number of phenols is 1. The van der Waals surface area contributed by atoms with Gasteiger partial charge in [0, 0.05) is 14.1 Å². The number of halogens is 2. The summed E-state index contributed by atoms with van der Waals surface area (Å²) >= 11 is 6.07. The van der Waals surface area contributed by atoms with E-state index in [9.17, 15) is 9.50 Å². The van der Waals surface area contributed by atoms with E-state index >= 15 is 0 Å². The van der Waals surface area contributed by atoms with Gasteiger partial charge >= 0.3 is 0 Å². The van der Waals surface area contributed by atoms with Crippen LogP contribution in [0.15, 0.2) is 36.4 Å². The predicted molar refractivity (Wildman–Crippen MR) is 85.9 cm³/mol. The maximum Gasteiger partial charge on any atom is 0.165 e. The number of fused-ring (bicyclic) bond motifs is 1. The molecule has 0 radical (unpaired) electrons. The van der Waals surface area contributed by atoms with Crippen molar-refractivity contribution in [1.82, 2.24) is 9.97 Å². The van der Waals surface area contributed by atoms with Gasteiger partial charge in [-0.2, -0.15) is 0 Å². The van der Waals surface area contributed by atoms with Crippen molar-refractivity contribution >= 4 is 28.3 Å². The number of aromatic hydroxyl groups is 1. The van der Waals surface area contributed by atoms with Crippen LogP contribution in [0.1, 0.15) is 0 Å². The highest BCUT2D eigenvalue weighted by atomic mass is 35.5. The lowest BCUT2D eigenvalue weighted by Gasteiger charge is -2.16. The monoisotopic (exact) mass is 317 g/mol. The normalized spacial score (nSPS) is 10.9. The molecule has 0 spiro atoms. The van der Waals surface area contributed by atoms with E-state index in [-0.39, 0.29) is 10.8 Å². The van der Waals surface area contributed by atoms with Crippen molar-refractivity contribution in [2.24, 2.45) is 0 Å². The molecule has 6 heteroatoms. The molecule has 4 nitrogen and oxygen atoms in total. The third-order valence-electron chi connectivity index (χ3n) is 3.30. The second-order valence-electron chi connectivity index (χ2n) is 5.04. The molecule has 2 aromatic carbocycles. The lowest BCUT2D eigenvalue weighted by atomic mass is 10.1. The summed E-state index contributed by atoms with van der Waals surface area (Å²) in [6.07, 6.45) is 0. The fourth-order valence-electron chi connectivity index (χ4n) is 2.25. The highest BCUT2D eigenvalue weighted by Crippen LogP contribution is 2.35. The van der Waals surface area contributed by atoms with Crippen molar-refractivity contribution in [2.75, 3.05) is 19.0 Å². The van der Waals surface area contributed by atoms with Gasteiger partial charge in [0.15, 0.2) is 5.82 Å². The molecule has 3 rings (SSSR count). The first-order valence-corrected chi connectivity index (χ1v) is 6.98. The molecule has 0 aliphatic carbocycles. The van der Waals surface area contributed by atoms with Crippen molar-refractivity contribution in [1.29, 1.82) is 0 Å². The Balaban J connectivity index is 2.37. The Kier molecular flexibility index (Phi) is 3.58. The van der Waals surface area contributed by atoms with E-state index in [0.29, 0.717) is 28.1 Å². The van der Waals surface area contributed by atoms with Crippen LogP contribution in [0.2, 0.25) is 5.02 Å². The van der Waals surface area contributed by atoms with E-state index in [1.165, 1.54) is 6.07 Å². The molecule has 0 atom stereocenters. The highest BCUT2D eigenvalue weighted by Gasteiger charge is 2.17. The Morgan fingerprint density at radius 2 is 1.82 bits per heavy atom. The van der Waals surface area contributed by atoms with Gasteiger partial charge in [-0.1, -0.05) is 23.7 Å². The van der Waals surface area contributed by atoms with Gasteiger partial charge in [0.05, 0.1) is 21.5 Å². The van der Waals surface area contributed by atoms with Gasteiger partial charge in [-0.3, -0.25) is 0 Å². The molecule has 1 N–H and O–H groups in total. The minimum Gasteiger partial charge on any atom is -0.507 e. The summed E-state index contributed by atoms with van der Waals surface area (Å²) in [6.45, 7) is 0. The van der Waals surface area contributed by atoms with Gasteiger partial charge < -0.3 is 10.0 Å². The molecule has 0 aliphatic rings. The third kappa shape index (κ3) is 2.33. The first-order valence-electron chi connectivity index (χ1n) is 6.60. The van der Waals surface area contributed by atoms with Crippen LogP contribution in [-0.2, 0) is 0 Å². The van der Waals surface area contributed by atoms with Gasteiger partial charge in [0.25, 0.3) is 0 Å². The average molecular weight is 318 g/mol. The minimum absolute atomic E-state index is 0.00923. The van der Waals surface area contributed by atoms with Crippen LogP contribution in [0, 0.1) is 5.82 Å². The van der Waals surface area contributed by atoms with E-state index < -0.39 is 5.82 Å². The Morgan fingerprint density at radius 3 is 2.50 bits per heavy atom. The Morgan fingerprint density at radius 1 is 1.09 bits per heavy atom. The number of anilines is 1. The summed E-state index contributed by atoms with van der Waals surface area (Å²) in [5.41, 5.74) is 1.02. The van der Waals surface area contributed by atoms with Gasteiger partial charge in [-0.05, 0) is 24.3 Å². The molecule has 0 saturated carbocycles. The highest BCUT2D eigenvalue weighted by molar-refractivity contribution is 6.36. The van der Waals surface area contributed by atoms with Crippen molar-refractivity contribution in [3.8, 4) is 17.1 Å². The topological polar surface area (TPSA) is 49.2 Å². The maximum absolute atomic E-state index is 13.7. The number of phenolic OH excluding ortho intramolecular Hbond substituents is 1. The fourth-order valence-corrected chi connectivity index (χ4v) is 2.49. The number of rotatable bonds is 2. The van der Waals surface area contributed by atoms with Crippen LogP contribution in [0.3, 0.4) is 0 Å². The quantitative estimate of drug-likeness (QED) is 0.779. The Labute approximate surface area is 131 Å². The zero-order valence-corrected chi connectivity index (χ0v) is 12.8. The molecule has 1 aromatic heterocycles. The van der Waals surface area contributed by atoms with Crippen LogP contribution in [-0.4, -0.2) is 29.2 Å². The number of para-hydroxylation sites is 1. The van der Waals surface area contributed by atoms with E-state index in [0.717, 1.165) is 0 Å². The van der Waals surface area contributed by atoms with Crippen LogP contribution >= 0.6 is 11.6 Å². The smallest absolute Gasteiger partial charge is 0.165 e. The van der Waals surface area contributed by atoms with Crippen LogP contribution in [0.25, 0.3) is 22.3 Å². The number of hydrogen-bond acceptors (Lipinski definition) is 4. The zero-order valence-electron chi connectivity index (χ0n) is 12.0. The number of nitrogens with zero attached hydrogens (tertiary/aromatic N) is 3. The van der Waals surface area contributed by atoms with E-state index in [1.54, 1.807) is 49.3 Å². The molecule has 0 fully saturated rings. The SMILES string of the molecule is CN(C)c1nc(-c2ccccc2O)nc2ccc(F)c(Cl)c12. The van der Waals surface area contributed by atoms with Gasteiger partial charge in [0.2, 0.25) is 0 Å². The van der Waals surface area contributed by atoms with Crippen LogP contribution in [0.5, 0.6) is 5.75 Å². The molecule has 0 amide bonds.